The topological polar surface area (TPSA) is 71.3 Å². The maximum atomic E-state index is 12.0. The Bertz CT molecular complexity index is 817. The minimum atomic E-state index is -0.428. The molecule has 0 radical (unpaired) electrons. The van der Waals surface area contributed by atoms with Gasteiger partial charge in [0.15, 0.2) is 0 Å². The van der Waals surface area contributed by atoms with E-state index in [1.165, 1.54) is 6.20 Å². The van der Waals surface area contributed by atoms with E-state index in [1.807, 2.05) is 0 Å². The van der Waals surface area contributed by atoms with Crippen LogP contribution in [0.3, 0.4) is 0 Å². The first-order chi connectivity index (χ1) is 10.1. The van der Waals surface area contributed by atoms with Crippen LogP contribution in [-0.4, -0.2) is 20.6 Å². The van der Waals surface area contributed by atoms with Crippen molar-refractivity contribution in [2.24, 2.45) is 0 Å². The van der Waals surface area contributed by atoms with Gasteiger partial charge in [-0.3, -0.25) is 0 Å². The second kappa shape index (κ2) is 5.59. The molecule has 0 atom stereocenters. The van der Waals surface area contributed by atoms with Gasteiger partial charge in [-0.15, -0.1) is 0 Å². The number of carbonyl (C=O) groups is 1. The van der Waals surface area contributed by atoms with Gasteiger partial charge in [0.2, 0.25) is 0 Å². The van der Waals surface area contributed by atoms with Crippen LogP contribution in [0.2, 0.25) is 10.2 Å². The number of rotatable bonds is 2. The Labute approximate surface area is 129 Å². The van der Waals surface area contributed by atoms with Gasteiger partial charge in [-0.25, -0.2) is 14.3 Å². The fourth-order valence-electron chi connectivity index (χ4n) is 1.82. The Morgan fingerprint density at radius 3 is 2.81 bits per heavy atom. The summed E-state index contributed by atoms with van der Waals surface area (Å²) in [5.74, 6) is 0. The zero-order valence-electron chi connectivity index (χ0n) is 10.5. The van der Waals surface area contributed by atoms with E-state index in [0.717, 1.165) is 0 Å². The molecule has 0 fully saturated rings. The maximum absolute atomic E-state index is 12.0. The molecule has 3 rings (SSSR count). The molecular weight excluding hydrogens is 313 g/mol. The van der Waals surface area contributed by atoms with Crippen LogP contribution in [0.5, 0.6) is 0 Å². The molecule has 0 spiro atoms. The third-order valence-corrected chi connectivity index (χ3v) is 3.35. The highest BCUT2D eigenvalue weighted by molar-refractivity contribution is 6.37. The summed E-state index contributed by atoms with van der Waals surface area (Å²) in [4.78, 5) is 15.8. The number of halogens is 2. The molecule has 8 heteroatoms. The zero-order chi connectivity index (χ0) is 14.8. The van der Waals surface area contributed by atoms with E-state index in [-0.39, 0.29) is 0 Å². The van der Waals surface area contributed by atoms with E-state index in [9.17, 15) is 4.79 Å². The van der Waals surface area contributed by atoms with E-state index in [0.29, 0.717) is 27.1 Å². The summed E-state index contributed by atoms with van der Waals surface area (Å²) in [6.45, 7) is 0. The van der Waals surface area contributed by atoms with Gasteiger partial charge in [0.25, 0.3) is 0 Å². The predicted octanol–water partition coefficient (Wildman–Crippen LogP) is 3.68. The number of carbonyl (C=O) groups excluding carboxylic acids is 1. The van der Waals surface area contributed by atoms with Gasteiger partial charge in [0.1, 0.15) is 5.15 Å². The molecule has 0 unspecified atom stereocenters. The van der Waals surface area contributed by atoms with Crippen LogP contribution in [0.1, 0.15) is 0 Å². The summed E-state index contributed by atoms with van der Waals surface area (Å²) >= 11 is 12.0. The fourth-order valence-corrected chi connectivity index (χ4v) is 2.26. The monoisotopic (exact) mass is 321 g/mol. The van der Waals surface area contributed by atoms with Gasteiger partial charge in [0.05, 0.1) is 22.4 Å². The highest BCUT2D eigenvalue weighted by Crippen LogP contribution is 2.26. The van der Waals surface area contributed by atoms with Crippen LogP contribution in [-0.2, 0) is 0 Å². The second-order valence-corrected chi connectivity index (χ2v) is 4.92. The lowest BCUT2D eigenvalue weighted by atomic mass is 10.3. The highest BCUT2D eigenvalue weighted by Gasteiger charge is 2.09. The highest BCUT2D eigenvalue weighted by atomic mass is 35.5. The molecule has 2 amide bonds. The zero-order valence-corrected chi connectivity index (χ0v) is 12.1. The lowest BCUT2D eigenvalue weighted by molar-refractivity contribution is 0.262. The van der Waals surface area contributed by atoms with Crippen LogP contribution in [0, 0.1) is 0 Å². The Hall–Kier alpha value is -2.31. The molecule has 106 valence electrons. The van der Waals surface area contributed by atoms with Gasteiger partial charge >= 0.3 is 6.03 Å². The number of fused-ring (bicyclic) bond motifs is 1. The van der Waals surface area contributed by atoms with Crippen molar-refractivity contribution in [2.45, 2.75) is 0 Å². The number of urea groups is 1. The van der Waals surface area contributed by atoms with Gasteiger partial charge in [0, 0.05) is 18.1 Å². The molecule has 2 N–H and O–H groups in total. The van der Waals surface area contributed by atoms with E-state index in [2.05, 4.69) is 20.7 Å². The number of hydrogen-bond acceptors (Lipinski definition) is 3. The average molecular weight is 322 g/mol. The number of amides is 2. The van der Waals surface area contributed by atoms with Crippen LogP contribution >= 0.6 is 23.2 Å². The number of pyridine rings is 2. The van der Waals surface area contributed by atoms with E-state index < -0.39 is 6.03 Å². The van der Waals surface area contributed by atoms with Crippen LogP contribution < -0.4 is 10.6 Å². The third-order valence-electron chi connectivity index (χ3n) is 2.75. The molecule has 3 aromatic rings. The van der Waals surface area contributed by atoms with Crippen molar-refractivity contribution in [3.8, 4) is 0 Å². The molecule has 0 aliphatic carbocycles. The Morgan fingerprint density at radius 2 is 2.00 bits per heavy atom. The van der Waals surface area contributed by atoms with Crippen molar-refractivity contribution in [3.63, 3.8) is 0 Å². The van der Waals surface area contributed by atoms with Gasteiger partial charge < -0.3 is 10.6 Å². The standard InChI is InChI=1S/C13H9Cl2N5O/c14-11-7-8(1-4-16-11)18-13(21)19-9-3-6-20-10(12(9)15)2-5-17-20/h1-7H,(H2,16,18,19,21). The quantitative estimate of drug-likeness (QED) is 0.707. The number of hydrogen-bond donors (Lipinski definition) is 2. The second-order valence-electron chi connectivity index (χ2n) is 4.15. The molecule has 0 aliphatic heterocycles. The molecule has 0 saturated heterocycles. The molecule has 3 aromatic heterocycles. The van der Waals surface area contributed by atoms with Crippen molar-refractivity contribution in [3.05, 3.63) is 53.0 Å². The summed E-state index contributed by atoms with van der Waals surface area (Å²) in [6, 6.07) is 6.18. The summed E-state index contributed by atoms with van der Waals surface area (Å²) in [7, 11) is 0. The van der Waals surface area contributed by atoms with Crippen molar-refractivity contribution in [2.75, 3.05) is 10.6 Å². The fraction of sp³-hybridized carbons (Fsp3) is 0. The molecule has 0 bridgehead atoms. The summed E-state index contributed by atoms with van der Waals surface area (Å²) in [5, 5.41) is 10.1. The third kappa shape index (κ3) is 2.91. The van der Waals surface area contributed by atoms with Gasteiger partial charge in [-0.2, -0.15) is 5.10 Å². The van der Waals surface area contributed by atoms with E-state index in [1.54, 1.807) is 41.2 Å². The first kappa shape index (κ1) is 13.7. The number of nitrogens with zero attached hydrogens (tertiary/aromatic N) is 3. The molecular formula is C13H9Cl2N5O. The summed E-state index contributed by atoms with van der Waals surface area (Å²) in [6.07, 6.45) is 4.84. The van der Waals surface area contributed by atoms with Crippen molar-refractivity contribution >= 4 is 46.1 Å². The molecule has 0 aliphatic rings. The van der Waals surface area contributed by atoms with E-state index in [4.69, 9.17) is 23.2 Å². The normalized spacial score (nSPS) is 10.6. The lowest BCUT2D eigenvalue weighted by Crippen LogP contribution is -2.19. The number of aromatic nitrogens is 3. The molecule has 6 nitrogen and oxygen atoms in total. The lowest BCUT2D eigenvalue weighted by Gasteiger charge is -2.09. The summed E-state index contributed by atoms with van der Waals surface area (Å²) < 4.78 is 1.62. The Morgan fingerprint density at radius 1 is 1.14 bits per heavy atom. The molecule has 0 saturated carbocycles. The maximum Gasteiger partial charge on any atom is 0.323 e. The number of nitrogens with one attached hydrogen (secondary N) is 2. The smallest absolute Gasteiger partial charge is 0.308 e. The minimum Gasteiger partial charge on any atom is -0.308 e. The summed E-state index contributed by atoms with van der Waals surface area (Å²) in [5.41, 5.74) is 1.73. The number of anilines is 2. The first-order valence-corrected chi connectivity index (χ1v) is 6.70. The predicted molar refractivity (Wildman–Crippen MR) is 82.1 cm³/mol. The average Bonchev–Trinajstić information content (AvgIpc) is 2.91. The van der Waals surface area contributed by atoms with Crippen molar-refractivity contribution < 1.29 is 4.79 Å². The van der Waals surface area contributed by atoms with E-state index >= 15 is 0 Å². The van der Waals surface area contributed by atoms with Crippen LogP contribution in [0.4, 0.5) is 16.2 Å². The molecule has 21 heavy (non-hydrogen) atoms. The van der Waals surface area contributed by atoms with Gasteiger partial charge in [-0.1, -0.05) is 23.2 Å². The van der Waals surface area contributed by atoms with Crippen LogP contribution in [0.25, 0.3) is 5.52 Å². The van der Waals surface area contributed by atoms with Crippen molar-refractivity contribution in [1.82, 2.24) is 14.6 Å². The Kier molecular flexibility index (Phi) is 3.64. The largest absolute Gasteiger partial charge is 0.323 e. The molecule has 0 aromatic carbocycles. The minimum absolute atomic E-state index is 0.298. The SMILES string of the molecule is O=C(Nc1ccnc(Cl)c1)Nc1ccn2nccc2c1Cl. The molecule has 3 heterocycles. The Balaban J connectivity index is 1.78. The first-order valence-electron chi connectivity index (χ1n) is 5.95. The van der Waals surface area contributed by atoms with Crippen molar-refractivity contribution in [1.29, 1.82) is 0 Å². The van der Waals surface area contributed by atoms with Gasteiger partial charge in [-0.05, 0) is 24.3 Å². The van der Waals surface area contributed by atoms with Crippen LogP contribution in [0.15, 0.2) is 42.9 Å².